The zero-order chi connectivity index (χ0) is 11.8. The summed E-state index contributed by atoms with van der Waals surface area (Å²) in [5.41, 5.74) is -0.0652. The second kappa shape index (κ2) is 4.25. The first-order valence-electron chi connectivity index (χ1n) is 5.13. The Hall–Kier alpha value is -0.750. The molecule has 1 aliphatic rings. The number of benzene rings is 1. The Bertz CT molecular complexity index is 449. The lowest BCUT2D eigenvalue weighted by atomic mass is 9.65. The molecule has 1 fully saturated rings. The van der Waals surface area contributed by atoms with E-state index in [4.69, 9.17) is 28.5 Å². The van der Waals surface area contributed by atoms with Gasteiger partial charge in [0.1, 0.15) is 0 Å². The fourth-order valence-electron chi connectivity index (χ4n) is 2.02. The summed E-state index contributed by atoms with van der Waals surface area (Å²) in [6.07, 6.45) is 1.61. The highest BCUT2D eigenvalue weighted by Crippen LogP contribution is 2.50. The van der Waals surface area contributed by atoms with Crippen molar-refractivity contribution in [3.8, 4) is 6.07 Å². The molecule has 16 heavy (non-hydrogen) atoms. The van der Waals surface area contributed by atoms with E-state index < -0.39 is 11.5 Å². The number of nitriles is 1. The van der Waals surface area contributed by atoms with Gasteiger partial charge in [0.15, 0.2) is 0 Å². The van der Waals surface area contributed by atoms with Gasteiger partial charge in [-0.3, -0.25) is 0 Å². The van der Waals surface area contributed by atoms with Crippen molar-refractivity contribution in [2.24, 2.45) is 5.41 Å². The van der Waals surface area contributed by atoms with Crippen LogP contribution in [0.3, 0.4) is 0 Å². The molecule has 0 saturated heterocycles. The van der Waals surface area contributed by atoms with E-state index in [1.54, 1.807) is 18.2 Å². The molecule has 1 aliphatic carbocycles. The molecule has 1 N–H and O–H groups in total. The van der Waals surface area contributed by atoms with Crippen LogP contribution in [-0.2, 0) is 0 Å². The number of halogens is 2. The maximum atomic E-state index is 10.2. The van der Waals surface area contributed by atoms with E-state index in [0.717, 1.165) is 19.3 Å². The first-order chi connectivity index (χ1) is 7.59. The summed E-state index contributed by atoms with van der Waals surface area (Å²) in [6, 6.07) is 7.17. The van der Waals surface area contributed by atoms with Crippen LogP contribution in [0, 0.1) is 16.7 Å². The van der Waals surface area contributed by atoms with Crippen molar-refractivity contribution in [3.63, 3.8) is 0 Å². The van der Waals surface area contributed by atoms with Crippen LogP contribution in [0.5, 0.6) is 0 Å². The monoisotopic (exact) mass is 255 g/mol. The smallest absolute Gasteiger partial charge is 0.0990 e. The number of aliphatic hydroxyl groups is 1. The lowest BCUT2D eigenvalue weighted by Crippen LogP contribution is -2.34. The van der Waals surface area contributed by atoms with Crippen molar-refractivity contribution >= 4 is 23.2 Å². The van der Waals surface area contributed by atoms with E-state index in [2.05, 4.69) is 6.07 Å². The molecule has 0 aliphatic heterocycles. The summed E-state index contributed by atoms with van der Waals surface area (Å²) in [5.74, 6) is 0. The molecular weight excluding hydrogens is 245 g/mol. The molecule has 0 bridgehead atoms. The number of nitrogens with zero attached hydrogens (tertiary/aromatic N) is 1. The Labute approximate surface area is 104 Å². The number of hydrogen-bond acceptors (Lipinski definition) is 2. The maximum absolute atomic E-state index is 10.2. The van der Waals surface area contributed by atoms with Crippen molar-refractivity contribution < 1.29 is 5.11 Å². The summed E-state index contributed by atoms with van der Waals surface area (Å²) in [7, 11) is 0. The molecule has 0 radical (unpaired) electrons. The van der Waals surface area contributed by atoms with Gasteiger partial charge >= 0.3 is 0 Å². The molecule has 0 amide bonds. The highest BCUT2D eigenvalue weighted by Gasteiger charge is 2.45. The average molecular weight is 256 g/mol. The van der Waals surface area contributed by atoms with Crippen molar-refractivity contribution in [3.05, 3.63) is 33.8 Å². The minimum atomic E-state index is -0.823. The summed E-state index contributed by atoms with van der Waals surface area (Å²) < 4.78 is 0. The minimum absolute atomic E-state index is 0.418. The first kappa shape index (κ1) is 11.7. The summed E-state index contributed by atoms with van der Waals surface area (Å²) in [5, 5.41) is 20.3. The Morgan fingerprint density at radius 2 is 2.06 bits per heavy atom. The van der Waals surface area contributed by atoms with Crippen LogP contribution in [-0.4, -0.2) is 5.11 Å². The van der Waals surface area contributed by atoms with Gasteiger partial charge in [-0.2, -0.15) is 5.26 Å². The Balaban J connectivity index is 2.34. The van der Waals surface area contributed by atoms with Crippen LogP contribution in [0.4, 0.5) is 0 Å². The largest absolute Gasteiger partial charge is 0.387 e. The Kier molecular flexibility index (Phi) is 3.12. The highest BCUT2D eigenvalue weighted by atomic mass is 35.5. The van der Waals surface area contributed by atoms with Crippen molar-refractivity contribution in [2.45, 2.75) is 25.4 Å². The van der Waals surface area contributed by atoms with Gasteiger partial charge in [0.05, 0.1) is 17.6 Å². The van der Waals surface area contributed by atoms with Crippen LogP contribution in [0.15, 0.2) is 18.2 Å². The maximum Gasteiger partial charge on any atom is 0.0990 e. The zero-order valence-corrected chi connectivity index (χ0v) is 10.1. The third kappa shape index (κ3) is 1.80. The van der Waals surface area contributed by atoms with E-state index >= 15 is 0 Å². The third-order valence-electron chi connectivity index (χ3n) is 3.25. The summed E-state index contributed by atoms with van der Waals surface area (Å²) >= 11 is 11.8. The van der Waals surface area contributed by atoms with E-state index in [-0.39, 0.29) is 0 Å². The summed E-state index contributed by atoms with van der Waals surface area (Å²) in [4.78, 5) is 0. The predicted molar refractivity (Wildman–Crippen MR) is 63.3 cm³/mol. The zero-order valence-electron chi connectivity index (χ0n) is 8.58. The molecule has 1 unspecified atom stereocenters. The molecular formula is C12H11Cl2NO. The topological polar surface area (TPSA) is 44.0 Å². The molecule has 1 atom stereocenters. The molecule has 0 heterocycles. The normalized spacial score (nSPS) is 19.6. The molecule has 4 heteroatoms. The quantitative estimate of drug-likeness (QED) is 0.876. The van der Waals surface area contributed by atoms with Gasteiger partial charge in [-0.15, -0.1) is 0 Å². The molecule has 1 aromatic rings. The molecule has 84 valence electrons. The number of hydrogen-bond donors (Lipinski definition) is 1. The van der Waals surface area contributed by atoms with Crippen molar-refractivity contribution in [1.29, 1.82) is 5.26 Å². The minimum Gasteiger partial charge on any atom is -0.387 e. The van der Waals surface area contributed by atoms with Gasteiger partial charge in [-0.25, -0.2) is 0 Å². The second-order valence-corrected chi connectivity index (χ2v) is 5.03. The molecule has 1 saturated carbocycles. The van der Waals surface area contributed by atoms with Gasteiger partial charge in [0.25, 0.3) is 0 Å². The first-order valence-corrected chi connectivity index (χ1v) is 5.89. The van der Waals surface area contributed by atoms with E-state index in [1.807, 2.05) is 0 Å². The fourth-order valence-corrected chi connectivity index (χ4v) is 2.54. The van der Waals surface area contributed by atoms with Crippen LogP contribution in [0.1, 0.15) is 30.9 Å². The van der Waals surface area contributed by atoms with Crippen LogP contribution < -0.4 is 0 Å². The van der Waals surface area contributed by atoms with E-state index in [9.17, 15) is 5.11 Å². The van der Waals surface area contributed by atoms with Crippen LogP contribution in [0.2, 0.25) is 10.0 Å². The predicted octanol–water partition coefficient (Wildman–Crippen LogP) is 3.72. The van der Waals surface area contributed by atoms with Gasteiger partial charge in [-0.05, 0) is 25.0 Å². The fraction of sp³-hybridized carbons (Fsp3) is 0.417. The van der Waals surface area contributed by atoms with Gasteiger partial charge in [-0.1, -0.05) is 35.7 Å². The third-order valence-corrected chi connectivity index (χ3v) is 3.81. The highest BCUT2D eigenvalue weighted by molar-refractivity contribution is 6.35. The molecule has 0 spiro atoms. The van der Waals surface area contributed by atoms with Crippen LogP contribution in [0.25, 0.3) is 0 Å². The van der Waals surface area contributed by atoms with Crippen LogP contribution >= 0.6 is 23.2 Å². The Morgan fingerprint density at radius 1 is 1.38 bits per heavy atom. The van der Waals surface area contributed by atoms with Gasteiger partial charge in [0, 0.05) is 15.6 Å². The van der Waals surface area contributed by atoms with Crippen molar-refractivity contribution in [1.82, 2.24) is 0 Å². The molecule has 2 rings (SSSR count). The lowest BCUT2D eigenvalue weighted by Gasteiger charge is -2.39. The Morgan fingerprint density at radius 3 is 2.50 bits per heavy atom. The SMILES string of the molecule is N#CC1(C(O)c2ccc(Cl)cc2Cl)CCC1. The van der Waals surface area contributed by atoms with Gasteiger partial charge < -0.3 is 5.11 Å². The van der Waals surface area contributed by atoms with Crippen molar-refractivity contribution in [2.75, 3.05) is 0 Å². The average Bonchev–Trinajstić information content (AvgIpc) is 2.16. The standard InChI is InChI=1S/C12H11Cl2NO/c13-8-2-3-9(10(14)6-8)11(16)12(7-15)4-1-5-12/h2-3,6,11,16H,1,4-5H2. The molecule has 1 aromatic carbocycles. The van der Waals surface area contributed by atoms with E-state index in [0.29, 0.717) is 15.6 Å². The van der Waals surface area contributed by atoms with E-state index in [1.165, 1.54) is 0 Å². The number of aliphatic hydroxyl groups excluding tert-OH is 1. The van der Waals surface area contributed by atoms with Gasteiger partial charge in [0.2, 0.25) is 0 Å². The summed E-state index contributed by atoms with van der Waals surface area (Å²) in [6.45, 7) is 0. The number of rotatable bonds is 2. The molecule has 2 nitrogen and oxygen atoms in total. The lowest BCUT2D eigenvalue weighted by molar-refractivity contribution is 0.00802. The second-order valence-electron chi connectivity index (χ2n) is 4.19. The molecule has 0 aromatic heterocycles.